The van der Waals surface area contributed by atoms with Gasteiger partial charge in [0.25, 0.3) is 0 Å². The largest absolute Gasteiger partial charge is 0.0654 e. The lowest BCUT2D eigenvalue weighted by Gasteiger charge is -2.48. The summed E-state index contributed by atoms with van der Waals surface area (Å²) in [5.41, 5.74) is 0.552. The van der Waals surface area contributed by atoms with Crippen molar-refractivity contribution < 1.29 is 0 Å². The lowest BCUT2D eigenvalue weighted by molar-refractivity contribution is 0.101. The molecule has 0 saturated carbocycles. The first-order valence-corrected chi connectivity index (χ1v) is 14.5. The van der Waals surface area contributed by atoms with Gasteiger partial charge in [-0.05, 0) is 49.4 Å². The summed E-state index contributed by atoms with van der Waals surface area (Å²) in [4.78, 5) is 0. The third-order valence-corrected chi connectivity index (χ3v) is 7.65. The van der Waals surface area contributed by atoms with Crippen LogP contribution in [0.1, 0.15) is 176 Å². The van der Waals surface area contributed by atoms with Crippen molar-refractivity contribution in [2.24, 2.45) is 11.3 Å². The third-order valence-electron chi connectivity index (χ3n) is 7.65. The van der Waals surface area contributed by atoms with Gasteiger partial charge in [-0.2, -0.15) is 0 Å². The van der Waals surface area contributed by atoms with Gasteiger partial charge in [0.2, 0.25) is 0 Å². The van der Waals surface area contributed by atoms with Crippen molar-refractivity contribution in [3.05, 3.63) is 5.92 Å². The molecular formula is C30H61. The van der Waals surface area contributed by atoms with Crippen molar-refractivity contribution in [1.29, 1.82) is 0 Å². The first-order valence-electron chi connectivity index (χ1n) is 14.5. The zero-order valence-electron chi connectivity index (χ0n) is 22.4. The second-order valence-electron chi connectivity index (χ2n) is 10.2. The van der Waals surface area contributed by atoms with Gasteiger partial charge >= 0.3 is 0 Å². The van der Waals surface area contributed by atoms with E-state index in [0.717, 1.165) is 5.92 Å². The Labute approximate surface area is 193 Å². The van der Waals surface area contributed by atoms with Crippen molar-refractivity contribution in [2.45, 2.75) is 176 Å². The van der Waals surface area contributed by atoms with E-state index in [-0.39, 0.29) is 0 Å². The van der Waals surface area contributed by atoms with Crippen LogP contribution < -0.4 is 0 Å². The van der Waals surface area contributed by atoms with Crippen molar-refractivity contribution in [3.63, 3.8) is 0 Å². The highest BCUT2D eigenvalue weighted by Crippen LogP contribution is 2.53. The van der Waals surface area contributed by atoms with Crippen LogP contribution in [0.4, 0.5) is 0 Å². The third kappa shape index (κ3) is 12.1. The molecule has 0 aliphatic rings. The molecule has 0 bridgehead atoms. The Balaban J connectivity index is 5.81. The molecule has 2 atom stereocenters. The van der Waals surface area contributed by atoms with E-state index in [4.69, 9.17) is 0 Å². The highest BCUT2D eigenvalue weighted by molar-refractivity contribution is 5.09. The van der Waals surface area contributed by atoms with Gasteiger partial charge in [-0.25, -0.2) is 0 Å². The summed E-state index contributed by atoms with van der Waals surface area (Å²) in [6.07, 6.45) is 29.9. The molecule has 0 aliphatic heterocycles. The van der Waals surface area contributed by atoms with Crippen LogP contribution in [0.3, 0.4) is 0 Å². The minimum atomic E-state index is 0.552. The van der Waals surface area contributed by atoms with E-state index < -0.39 is 0 Å². The van der Waals surface area contributed by atoms with Crippen LogP contribution in [0, 0.1) is 17.3 Å². The summed E-state index contributed by atoms with van der Waals surface area (Å²) in [6, 6.07) is 0. The van der Waals surface area contributed by atoms with Crippen LogP contribution in [-0.2, 0) is 0 Å². The van der Waals surface area contributed by atoms with E-state index in [1.807, 2.05) is 5.92 Å². The van der Waals surface area contributed by atoms with Crippen LogP contribution in [0.15, 0.2) is 0 Å². The fourth-order valence-electron chi connectivity index (χ4n) is 5.81. The quantitative estimate of drug-likeness (QED) is 0.144. The van der Waals surface area contributed by atoms with Gasteiger partial charge in [0, 0.05) is 0 Å². The Morgan fingerprint density at radius 3 is 1.57 bits per heavy atom. The van der Waals surface area contributed by atoms with E-state index in [9.17, 15) is 0 Å². The lowest BCUT2D eigenvalue weighted by atomic mass is 9.57. The molecule has 0 spiro atoms. The summed E-state index contributed by atoms with van der Waals surface area (Å²) < 4.78 is 0. The van der Waals surface area contributed by atoms with E-state index in [1.165, 1.54) is 135 Å². The normalized spacial score (nSPS) is 14.9. The smallest absolute Gasteiger partial charge is 0.0176 e. The molecule has 0 aliphatic carbocycles. The molecule has 0 nitrogen and oxygen atoms in total. The fraction of sp³-hybridized carbons (Fsp3) is 0.967. The molecule has 0 aromatic rings. The van der Waals surface area contributed by atoms with Crippen LogP contribution in [0.25, 0.3) is 0 Å². The molecule has 0 aromatic heterocycles. The Morgan fingerprint density at radius 2 is 1.00 bits per heavy atom. The molecule has 0 fully saturated rings. The average molecular weight is 422 g/mol. The Kier molecular flexibility index (Phi) is 20.9. The molecule has 30 heavy (non-hydrogen) atoms. The predicted molar refractivity (Wildman–Crippen MR) is 140 cm³/mol. The van der Waals surface area contributed by atoms with Crippen molar-refractivity contribution in [1.82, 2.24) is 0 Å². The van der Waals surface area contributed by atoms with Gasteiger partial charge in [0.1, 0.15) is 0 Å². The number of rotatable bonds is 23. The molecule has 0 heteroatoms. The fourth-order valence-corrected chi connectivity index (χ4v) is 5.81. The maximum atomic E-state index is 2.44. The summed E-state index contributed by atoms with van der Waals surface area (Å²) in [7, 11) is 0. The predicted octanol–water partition coefficient (Wildman–Crippen LogP) is 11.5. The van der Waals surface area contributed by atoms with Crippen molar-refractivity contribution in [2.75, 3.05) is 0 Å². The van der Waals surface area contributed by atoms with Crippen LogP contribution in [-0.4, -0.2) is 0 Å². The highest BCUT2D eigenvalue weighted by atomic mass is 14.5. The molecule has 0 aromatic carbocycles. The van der Waals surface area contributed by atoms with Crippen LogP contribution in [0.5, 0.6) is 0 Å². The first kappa shape index (κ1) is 30.0. The standard InChI is InChI=1S/C30H61/c1-7-13-18-20-25-29(24-16-10-4)30(26-17-11-5,27-21-19-14-8-2)28(22-12-6)23-15-9-3/h28H,7-27H2,1-6H3. The molecule has 2 unspecified atom stereocenters. The monoisotopic (exact) mass is 421 g/mol. The number of hydrogen-bond donors (Lipinski definition) is 0. The molecule has 0 rings (SSSR count). The lowest BCUT2D eigenvalue weighted by Crippen LogP contribution is -2.38. The molecular weight excluding hydrogens is 360 g/mol. The Morgan fingerprint density at radius 1 is 0.467 bits per heavy atom. The zero-order valence-corrected chi connectivity index (χ0v) is 22.4. The van der Waals surface area contributed by atoms with E-state index in [1.54, 1.807) is 0 Å². The number of hydrogen-bond acceptors (Lipinski definition) is 0. The molecule has 1 radical (unpaired) electrons. The van der Waals surface area contributed by atoms with E-state index >= 15 is 0 Å². The average Bonchev–Trinajstić information content (AvgIpc) is 2.76. The second kappa shape index (κ2) is 20.9. The topological polar surface area (TPSA) is 0 Å². The molecule has 0 N–H and O–H groups in total. The van der Waals surface area contributed by atoms with Crippen LogP contribution in [0.2, 0.25) is 0 Å². The maximum absolute atomic E-state index is 2.44. The molecule has 0 saturated heterocycles. The van der Waals surface area contributed by atoms with E-state index in [0.29, 0.717) is 5.41 Å². The highest BCUT2D eigenvalue weighted by Gasteiger charge is 2.42. The maximum Gasteiger partial charge on any atom is -0.0176 e. The van der Waals surface area contributed by atoms with Crippen LogP contribution >= 0.6 is 0 Å². The second-order valence-corrected chi connectivity index (χ2v) is 10.2. The van der Waals surface area contributed by atoms with Crippen molar-refractivity contribution >= 4 is 0 Å². The summed E-state index contributed by atoms with van der Waals surface area (Å²) in [6.45, 7) is 14.3. The molecule has 0 heterocycles. The molecule has 181 valence electrons. The first-order chi connectivity index (χ1) is 14.7. The van der Waals surface area contributed by atoms with Gasteiger partial charge < -0.3 is 0 Å². The minimum absolute atomic E-state index is 0.552. The summed E-state index contributed by atoms with van der Waals surface area (Å²) in [5.74, 6) is 2.97. The van der Waals surface area contributed by atoms with Gasteiger partial charge in [0.15, 0.2) is 0 Å². The summed E-state index contributed by atoms with van der Waals surface area (Å²) >= 11 is 0. The van der Waals surface area contributed by atoms with E-state index in [2.05, 4.69) is 41.5 Å². The van der Waals surface area contributed by atoms with Gasteiger partial charge in [-0.15, -0.1) is 0 Å². The Hall–Kier alpha value is 0. The zero-order chi connectivity index (χ0) is 22.5. The SMILES string of the molecule is CCCCCC[C](CCCC)C(CCCC)(CCCCCC)C(CCC)CCCC. The molecule has 0 amide bonds. The van der Waals surface area contributed by atoms with Gasteiger partial charge in [0.05, 0.1) is 0 Å². The van der Waals surface area contributed by atoms with Gasteiger partial charge in [-0.3, -0.25) is 0 Å². The van der Waals surface area contributed by atoms with Crippen molar-refractivity contribution in [3.8, 4) is 0 Å². The summed E-state index contributed by atoms with van der Waals surface area (Å²) in [5, 5.41) is 0. The van der Waals surface area contributed by atoms with Gasteiger partial charge in [-0.1, -0.05) is 144 Å². The number of unbranched alkanes of at least 4 members (excludes halogenated alkanes) is 9. The Bertz CT molecular complexity index is 333. The minimum Gasteiger partial charge on any atom is -0.0654 e.